The molecule has 1 heterocycles. The first kappa shape index (κ1) is 24.5. The first-order valence-electron chi connectivity index (χ1n) is 10.8. The minimum Gasteiger partial charge on any atom is -0.490 e. The molecule has 0 saturated carbocycles. The minimum absolute atomic E-state index is 0.102. The van der Waals surface area contributed by atoms with Crippen LogP contribution in [0.5, 0.6) is 11.5 Å². The molecule has 0 saturated heterocycles. The van der Waals surface area contributed by atoms with Gasteiger partial charge in [-0.15, -0.1) is 0 Å². The largest absolute Gasteiger partial charge is 0.490 e. The molecule has 2 aromatic carbocycles. The fourth-order valence-electron chi connectivity index (χ4n) is 3.60. The number of ether oxygens (including phenoxy) is 3. The second-order valence-electron chi connectivity index (χ2n) is 7.41. The van der Waals surface area contributed by atoms with Crippen molar-refractivity contribution < 1.29 is 28.7 Å². The first-order chi connectivity index (χ1) is 16.3. The van der Waals surface area contributed by atoms with Gasteiger partial charge in [0.2, 0.25) is 0 Å². The highest BCUT2D eigenvalue weighted by Crippen LogP contribution is 2.37. The van der Waals surface area contributed by atoms with Crippen LogP contribution in [0.15, 0.2) is 59.3 Å². The van der Waals surface area contributed by atoms with Crippen LogP contribution in [0.3, 0.4) is 0 Å². The summed E-state index contributed by atoms with van der Waals surface area (Å²) < 4.78 is 16.4. The Balaban J connectivity index is 2.06. The summed E-state index contributed by atoms with van der Waals surface area (Å²) in [5.41, 5.74) is 1.56. The maximum Gasteiger partial charge on any atom is 0.340 e. The van der Waals surface area contributed by atoms with Gasteiger partial charge in [0.05, 0.1) is 36.4 Å². The molecule has 0 atom stereocenters. The third kappa shape index (κ3) is 4.93. The number of amides is 1. The zero-order chi connectivity index (χ0) is 24.8. The number of rotatable bonds is 9. The van der Waals surface area contributed by atoms with Gasteiger partial charge in [-0.3, -0.25) is 19.8 Å². The zero-order valence-corrected chi connectivity index (χ0v) is 19.5. The predicted octanol–water partition coefficient (Wildman–Crippen LogP) is 4.66. The molecule has 0 fully saturated rings. The van der Waals surface area contributed by atoms with Crippen molar-refractivity contribution in [1.29, 1.82) is 0 Å². The van der Waals surface area contributed by atoms with Gasteiger partial charge in [0.15, 0.2) is 11.5 Å². The predicted molar refractivity (Wildman–Crippen MR) is 127 cm³/mol. The summed E-state index contributed by atoms with van der Waals surface area (Å²) in [6.45, 7) is 6.46. The average Bonchev–Trinajstić information content (AvgIpc) is 3.07. The quantitative estimate of drug-likeness (QED) is 0.229. The van der Waals surface area contributed by atoms with Crippen LogP contribution in [0.1, 0.15) is 32.8 Å². The molecular formula is C25H26N2O7. The van der Waals surface area contributed by atoms with Gasteiger partial charge in [-0.2, -0.15) is 0 Å². The molecule has 9 nitrogen and oxygen atoms in total. The maximum absolute atomic E-state index is 13.4. The number of anilines is 1. The molecule has 0 N–H and O–H groups in total. The van der Waals surface area contributed by atoms with Crippen LogP contribution in [0.4, 0.5) is 11.4 Å². The van der Waals surface area contributed by atoms with Gasteiger partial charge in [-0.25, -0.2) is 4.79 Å². The molecule has 1 aliphatic rings. The first-order valence-corrected chi connectivity index (χ1v) is 10.8. The van der Waals surface area contributed by atoms with Crippen LogP contribution in [0.25, 0.3) is 6.08 Å². The highest BCUT2D eigenvalue weighted by molar-refractivity contribution is 6.23. The van der Waals surface area contributed by atoms with Gasteiger partial charge in [0.1, 0.15) is 0 Å². The number of esters is 1. The van der Waals surface area contributed by atoms with Crippen molar-refractivity contribution in [3.05, 3.63) is 75.0 Å². The molecule has 2 aromatic rings. The number of carbonyl (C=O) groups is 2. The van der Waals surface area contributed by atoms with E-state index < -0.39 is 16.8 Å². The molecule has 0 aromatic heterocycles. The van der Waals surface area contributed by atoms with E-state index in [4.69, 9.17) is 14.2 Å². The van der Waals surface area contributed by atoms with Gasteiger partial charge in [0, 0.05) is 23.5 Å². The van der Waals surface area contributed by atoms with E-state index in [2.05, 4.69) is 0 Å². The normalized spacial score (nSPS) is 14.5. The summed E-state index contributed by atoms with van der Waals surface area (Å²) in [5, 5.41) is 11.0. The fourth-order valence-corrected chi connectivity index (χ4v) is 3.60. The van der Waals surface area contributed by atoms with E-state index >= 15 is 0 Å². The molecule has 0 spiro atoms. The second-order valence-corrected chi connectivity index (χ2v) is 7.41. The number of benzene rings is 2. The van der Waals surface area contributed by atoms with Crippen molar-refractivity contribution in [1.82, 2.24) is 0 Å². The van der Waals surface area contributed by atoms with E-state index in [0.29, 0.717) is 41.7 Å². The molecule has 9 heteroatoms. The summed E-state index contributed by atoms with van der Waals surface area (Å²) in [7, 11) is 1.24. The molecule has 1 aliphatic heterocycles. The Labute approximate surface area is 197 Å². The average molecular weight is 466 g/mol. The van der Waals surface area contributed by atoms with E-state index in [-0.39, 0.29) is 16.8 Å². The number of hydrogen-bond donors (Lipinski definition) is 0. The summed E-state index contributed by atoms with van der Waals surface area (Å²) in [5.74, 6) is 0.0183. The number of hydrogen-bond acceptors (Lipinski definition) is 7. The van der Waals surface area contributed by atoms with Crippen LogP contribution in [0.2, 0.25) is 0 Å². The van der Waals surface area contributed by atoms with Gasteiger partial charge in [-0.05, 0) is 56.2 Å². The molecule has 178 valence electrons. The summed E-state index contributed by atoms with van der Waals surface area (Å²) in [4.78, 5) is 37.8. The zero-order valence-electron chi connectivity index (χ0n) is 19.5. The number of nitro benzene ring substituents is 1. The van der Waals surface area contributed by atoms with Crippen LogP contribution in [-0.4, -0.2) is 37.1 Å². The topological polar surface area (TPSA) is 108 Å². The molecule has 1 amide bonds. The van der Waals surface area contributed by atoms with E-state index in [0.717, 1.165) is 6.42 Å². The van der Waals surface area contributed by atoms with Crippen molar-refractivity contribution in [2.75, 3.05) is 25.2 Å². The molecule has 0 radical (unpaired) electrons. The van der Waals surface area contributed by atoms with Crippen LogP contribution in [0, 0.1) is 10.1 Å². The number of non-ortho nitro benzene ring substituents is 1. The maximum atomic E-state index is 13.4. The summed E-state index contributed by atoms with van der Waals surface area (Å²) in [6.07, 6.45) is 2.44. The summed E-state index contributed by atoms with van der Waals surface area (Å²) in [6, 6.07) is 10.8. The van der Waals surface area contributed by atoms with Gasteiger partial charge in [-0.1, -0.05) is 13.0 Å². The van der Waals surface area contributed by atoms with Crippen molar-refractivity contribution in [2.45, 2.75) is 27.2 Å². The molecule has 0 unspecified atom stereocenters. The Bertz CT molecular complexity index is 1170. The Hall–Kier alpha value is -4.14. The lowest BCUT2D eigenvalue weighted by molar-refractivity contribution is -0.384. The number of carbonyl (C=O) groups excluding carboxylic acids is 2. The highest BCUT2D eigenvalue weighted by Gasteiger charge is 2.38. The van der Waals surface area contributed by atoms with Crippen molar-refractivity contribution in [2.24, 2.45) is 0 Å². The van der Waals surface area contributed by atoms with Crippen molar-refractivity contribution in [3.63, 3.8) is 0 Å². The standard InChI is InChI=1S/C25H26N2O7/c1-5-13-34-21-12-7-17(15-22(21)33-6-2)14-20-23(25(29)32-4)16(3)26(24(20)28)18-8-10-19(11-9-18)27(30)31/h7-12,14-15H,5-6,13H2,1-4H3. The molecule has 0 bridgehead atoms. The molecule has 34 heavy (non-hydrogen) atoms. The molecule has 3 rings (SSSR count). The van der Waals surface area contributed by atoms with Crippen molar-refractivity contribution >= 4 is 29.3 Å². The van der Waals surface area contributed by atoms with Gasteiger partial charge in [0.25, 0.3) is 11.6 Å². The number of nitro groups is 1. The lowest BCUT2D eigenvalue weighted by Crippen LogP contribution is -2.24. The Morgan fingerprint density at radius 1 is 1.09 bits per heavy atom. The van der Waals surface area contributed by atoms with Crippen LogP contribution in [-0.2, 0) is 14.3 Å². The Morgan fingerprint density at radius 2 is 1.79 bits per heavy atom. The number of methoxy groups -OCH3 is 1. The van der Waals surface area contributed by atoms with E-state index in [1.165, 1.54) is 36.3 Å². The monoisotopic (exact) mass is 466 g/mol. The lowest BCUT2D eigenvalue weighted by Gasteiger charge is -2.17. The van der Waals surface area contributed by atoms with E-state index in [1.807, 2.05) is 13.8 Å². The highest BCUT2D eigenvalue weighted by atomic mass is 16.6. The van der Waals surface area contributed by atoms with E-state index in [1.54, 1.807) is 31.2 Å². The Morgan fingerprint density at radius 3 is 2.38 bits per heavy atom. The summed E-state index contributed by atoms with van der Waals surface area (Å²) >= 11 is 0. The van der Waals surface area contributed by atoms with Crippen LogP contribution >= 0.6 is 0 Å². The van der Waals surface area contributed by atoms with Gasteiger partial charge < -0.3 is 14.2 Å². The fraction of sp³-hybridized carbons (Fsp3) is 0.280. The minimum atomic E-state index is -0.658. The van der Waals surface area contributed by atoms with Crippen molar-refractivity contribution in [3.8, 4) is 11.5 Å². The van der Waals surface area contributed by atoms with Crippen LogP contribution < -0.4 is 14.4 Å². The lowest BCUT2D eigenvalue weighted by atomic mass is 10.0. The third-order valence-corrected chi connectivity index (χ3v) is 5.15. The SMILES string of the molecule is CCCOc1ccc(C=C2C(=O)N(c3ccc([N+](=O)[O-])cc3)C(C)=C2C(=O)OC)cc1OCC. The second kappa shape index (κ2) is 10.7. The Kier molecular flexibility index (Phi) is 7.68. The molecule has 0 aliphatic carbocycles. The molecular weight excluding hydrogens is 440 g/mol. The number of nitrogens with zero attached hydrogens (tertiary/aromatic N) is 2. The van der Waals surface area contributed by atoms with Gasteiger partial charge >= 0.3 is 5.97 Å². The van der Waals surface area contributed by atoms with E-state index in [9.17, 15) is 19.7 Å². The third-order valence-electron chi connectivity index (χ3n) is 5.15. The smallest absolute Gasteiger partial charge is 0.340 e. The number of allylic oxidation sites excluding steroid dienone is 1.